The molecule has 84 valence electrons. The Kier molecular flexibility index (Phi) is 2.42. The van der Waals surface area contributed by atoms with Crippen LogP contribution in [0.15, 0.2) is 30.7 Å². The molecule has 4 nitrogen and oxygen atoms in total. The van der Waals surface area contributed by atoms with Crippen molar-refractivity contribution in [2.24, 2.45) is 0 Å². The van der Waals surface area contributed by atoms with E-state index in [1.54, 1.807) is 18.6 Å². The average molecular weight is 218 g/mol. The molecule has 0 saturated carbocycles. The molecule has 0 fully saturated rings. The number of fused-ring (bicyclic) bond motifs is 1. The molecular weight excluding hydrogens is 204 g/mol. The summed E-state index contributed by atoms with van der Waals surface area (Å²) < 4.78 is 6.75. The number of hydrogen-bond acceptors (Lipinski definition) is 3. The molecule has 2 heterocycles. The summed E-state index contributed by atoms with van der Waals surface area (Å²) in [5.74, 6) is 0. The second-order valence-electron chi connectivity index (χ2n) is 4.60. The zero-order valence-corrected chi connectivity index (χ0v) is 9.60. The second kappa shape index (κ2) is 3.63. The molecule has 2 rings (SSSR count). The largest absolute Gasteiger partial charge is 0.443 e. The Hall–Kier alpha value is -1.84. The number of carbonyl (C=O) groups excluding carboxylic acids is 1. The van der Waals surface area contributed by atoms with Gasteiger partial charge in [0.15, 0.2) is 0 Å². The van der Waals surface area contributed by atoms with E-state index in [-0.39, 0.29) is 6.09 Å². The SMILES string of the molecule is CC(C)(C)OC(=O)n1ccc2ccncc21. The maximum Gasteiger partial charge on any atom is 0.419 e. The third kappa shape index (κ3) is 2.05. The van der Waals surface area contributed by atoms with Crippen LogP contribution in [0, 0.1) is 0 Å². The third-order valence-corrected chi connectivity index (χ3v) is 2.09. The summed E-state index contributed by atoms with van der Waals surface area (Å²) >= 11 is 0. The van der Waals surface area contributed by atoms with E-state index < -0.39 is 5.60 Å². The van der Waals surface area contributed by atoms with Gasteiger partial charge in [0.25, 0.3) is 0 Å². The van der Waals surface area contributed by atoms with E-state index in [1.165, 1.54) is 4.57 Å². The molecule has 0 N–H and O–H groups in total. The normalized spacial score (nSPS) is 11.7. The molecule has 2 aromatic heterocycles. The molecule has 0 atom stereocenters. The zero-order valence-electron chi connectivity index (χ0n) is 9.60. The highest BCUT2D eigenvalue weighted by Gasteiger charge is 2.18. The van der Waals surface area contributed by atoms with Gasteiger partial charge < -0.3 is 4.74 Å². The number of hydrogen-bond donors (Lipinski definition) is 0. The quantitative estimate of drug-likeness (QED) is 0.683. The van der Waals surface area contributed by atoms with Crippen molar-refractivity contribution in [3.8, 4) is 0 Å². The molecule has 0 aliphatic carbocycles. The van der Waals surface area contributed by atoms with E-state index in [2.05, 4.69) is 4.98 Å². The highest BCUT2D eigenvalue weighted by atomic mass is 16.6. The Morgan fingerprint density at radius 3 is 2.81 bits per heavy atom. The van der Waals surface area contributed by atoms with Crippen molar-refractivity contribution in [1.82, 2.24) is 9.55 Å². The number of carbonyl (C=O) groups is 1. The van der Waals surface area contributed by atoms with Gasteiger partial charge in [-0.3, -0.25) is 9.55 Å². The molecule has 0 aliphatic heterocycles. The Morgan fingerprint density at radius 1 is 1.38 bits per heavy atom. The van der Waals surface area contributed by atoms with E-state index in [9.17, 15) is 4.79 Å². The summed E-state index contributed by atoms with van der Waals surface area (Å²) in [5, 5.41) is 0.973. The predicted octanol–water partition coefficient (Wildman–Crippen LogP) is 2.82. The van der Waals surface area contributed by atoms with E-state index in [0.29, 0.717) is 0 Å². The summed E-state index contributed by atoms with van der Waals surface area (Å²) in [7, 11) is 0. The summed E-state index contributed by atoms with van der Waals surface area (Å²) in [4.78, 5) is 15.8. The summed E-state index contributed by atoms with van der Waals surface area (Å²) in [5.41, 5.74) is 0.271. The maximum atomic E-state index is 11.8. The van der Waals surface area contributed by atoms with Gasteiger partial charge in [-0.1, -0.05) is 0 Å². The minimum absolute atomic E-state index is 0.379. The fourth-order valence-electron chi connectivity index (χ4n) is 1.44. The average Bonchev–Trinajstić information content (AvgIpc) is 2.58. The van der Waals surface area contributed by atoms with Crippen LogP contribution < -0.4 is 0 Å². The monoisotopic (exact) mass is 218 g/mol. The third-order valence-electron chi connectivity index (χ3n) is 2.09. The van der Waals surface area contributed by atoms with Crippen LogP contribution in [-0.2, 0) is 4.74 Å². The minimum Gasteiger partial charge on any atom is -0.443 e. The lowest BCUT2D eigenvalue weighted by Crippen LogP contribution is -2.26. The first-order valence-electron chi connectivity index (χ1n) is 5.12. The molecule has 0 amide bonds. The van der Waals surface area contributed by atoms with Crippen molar-refractivity contribution in [3.63, 3.8) is 0 Å². The van der Waals surface area contributed by atoms with Crippen LogP contribution in [0.2, 0.25) is 0 Å². The van der Waals surface area contributed by atoms with E-state index in [4.69, 9.17) is 4.74 Å². The van der Waals surface area contributed by atoms with Crippen molar-refractivity contribution in [3.05, 3.63) is 30.7 Å². The van der Waals surface area contributed by atoms with Crippen molar-refractivity contribution in [2.45, 2.75) is 26.4 Å². The first-order valence-corrected chi connectivity index (χ1v) is 5.12. The van der Waals surface area contributed by atoms with Gasteiger partial charge in [-0.05, 0) is 32.9 Å². The Bertz CT molecular complexity index is 523. The van der Waals surface area contributed by atoms with Crippen molar-refractivity contribution < 1.29 is 9.53 Å². The van der Waals surface area contributed by atoms with Crippen molar-refractivity contribution in [2.75, 3.05) is 0 Å². The van der Waals surface area contributed by atoms with Crippen LogP contribution in [0.1, 0.15) is 20.8 Å². The smallest absolute Gasteiger partial charge is 0.419 e. The molecule has 0 bridgehead atoms. The van der Waals surface area contributed by atoms with E-state index in [1.807, 2.05) is 32.9 Å². The maximum absolute atomic E-state index is 11.8. The molecular formula is C12H14N2O2. The lowest BCUT2D eigenvalue weighted by molar-refractivity contribution is 0.0544. The lowest BCUT2D eigenvalue weighted by Gasteiger charge is -2.19. The van der Waals surface area contributed by atoms with Gasteiger partial charge in [0.1, 0.15) is 5.60 Å². The van der Waals surface area contributed by atoms with Crippen LogP contribution >= 0.6 is 0 Å². The van der Waals surface area contributed by atoms with Gasteiger partial charge >= 0.3 is 6.09 Å². The lowest BCUT2D eigenvalue weighted by atomic mass is 10.2. The fourth-order valence-corrected chi connectivity index (χ4v) is 1.44. The molecule has 0 aliphatic rings. The number of nitrogens with zero attached hydrogens (tertiary/aromatic N) is 2. The first-order chi connectivity index (χ1) is 7.47. The van der Waals surface area contributed by atoms with Gasteiger partial charge in [0, 0.05) is 17.8 Å². The van der Waals surface area contributed by atoms with Crippen molar-refractivity contribution >= 4 is 17.0 Å². The highest BCUT2D eigenvalue weighted by molar-refractivity contribution is 5.88. The number of aromatic nitrogens is 2. The molecule has 0 unspecified atom stereocenters. The number of rotatable bonds is 0. The van der Waals surface area contributed by atoms with Gasteiger partial charge in [-0.25, -0.2) is 4.79 Å². The molecule has 4 heteroatoms. The molecule has 0 aromatic carbocycles. The van der Waals surface area contributed by atoms with E-state index >= 15 is 0 Å². The minimum atomic E-state index is -0.490. The Balaban J connectivity index is 2.37. The predicted molar refractivity (Wildman–Crippen MR) is 61.4 cm³/mol. The summed E-state index contributed by atoms with van der Waals surface area (Å²) in [6.45, 7) is 5.53. The van der Waals surface area contributed by atoms with Gasteiger partial charge in [0.05, 0.1) is 11.7 Å². The standard InChI is InChI=1S/C12H14N2O2/c1-12(2,3)16-11(15)14-7-5-9-4-6-13-8-10(9)14/h4-8H,1-3H3. The van der Waals surface area contributed by atoms with Crippen LogP contribution in [0.3, 0.4) is 0 Å². The highest BCUT2D eigenvalue weighted by Crippen LogP contribution is 2.16. The second-order valence-corrected chi connectivity index (χ2v) is 4.60. The molecule has 2 aromatic rings. The Labute approximate surface area is 93.9 Å². The Morgan fingerprint density at radius 2 is 2.12 bits per heavy atom. The van der Waals surface area contributed by atoms with Crippen LogP contribution in [0.4, 0.5) is 4.79 Å². The topological polar surface area (TPSA) is 44.1 Å². The summed E-state index contributed by atoms with van der Waals surface area (Å²) in [6, 6.07) is 3.72. The van der Waals surface area contributed by atoms with Crippen molar-refractivity contribution in [1.29, 1.82) is 0 Å². The number of pyridine rings is 1. The van der Waals surface area contributed by atoms with Crippen LogP contribution in [0.25, 0.3) is 10.9 Å². The first kappa shape index (κ1) is 10.7. The molecule has 16 heavy (non-hydrogen) atoms. The zero-order chi connectivity index (χ0) is 11.8. The van der Waals surface area contributed by atoms with Gasteiger partial charge in [-0.15, -0.1) is 0 Å². The molecule has 0 spiro atoms. The van der Waals surface area contributed by atoms with Gasteiger partial charge in [-0.2, -0.15) is 0 Å². The van der Waals surface area contributed by atoms with Crippen LogP contribution in [0.5, 0.6) is 0 Å². The summed E-state index contributed by atoms with van der Waals surface area (Å²) in [6.07, 6.45) is 4.66. The van der Waals surface area contributed by atoms with E-state index in [0.717, 1.165) is 10.9 Å². The molecule has 0 saturated heterocycles. The molecule has 0 radical (unpaired) electrons. The van der Waals surface area contributed by atoms with Gasteiger partial charge in [0.2, 0.25) is 0 Å². The fraction of sp³-hybridized carbons (Fsp3) is 0.333. The number of ether oxygens (including phenoxy) is 1. The van der Waals surface area contributed by atoms with Crippen LogP contribution in [-0.4, -0.2) is 21.2 Å².